The summed E-state index contributed by atoms with van der Waals surface area (Å²) in [5.41, 5.74) is 1.57. The van der Waals surface area contributed by atoms with Crippen LogP contribution < -0.4 is 4.74 Å². The minimum atomic E-state index is -1.09. The topological polar surface area (TPSA) is 84.7 Å². The number of aromatic nitrogens is 2. The number of carbonyl (C=O) groups excluding carboxylic acids is 1. The molecule has 0 spiro atoms. The van der Waals surface area contributed by atoms with Gasteiger partial charge in [0.1, 0.15) is 12.4 Å². The minimum Gasteiger partial charge on any atom is -0.491 e. The van der Waals surface area contributed by atoms with Gasteiger partial charge in [0.2, 0.25) is 0 Å². The number of benzene rings is 1. The second-order valence-corrected chi connectivity index (χ2v) is 5.39. The third-order valence-corrected chi connectivity index (χ3v) is 4.08. The molecule has 0 saturated carbocycles. The van der Waals surface area contributed by atoms with Crippen LogP contribution >= 0.6 is 0 Å². The van der Waals surface area contributed by atoms with Gasteiger partial charge in [-0.15, -0.1) is 0 Å². The lowest BCUT2D eigenvalue weighted by Crippen LogP contribution is -2.40. The van der Waals surface area contributed by atoms with Crippen LogP contribution in [-0.2, 0) is 11.8 Å². The standard InChI is InChI=1S/C16H17N3O4/c1-10-12(9-17-18(10)2)15(20)19-7-8-23-13-6-4-3-5-11(13)14(19)16(21)22/h3-6,9,14H,7-8H2,1-2H3,(H,21,22). The predicted molar refractivity (Wildman–Crippen MR) is 81.3 cm³/mol. The highest BCUT2D eigenvalue weighted by Gasteiger charge is 2.36. The lowest BCUT2D eigenvalue weighted by atomic mass is 10.0. The number of para-hydroxylation sites is 1. The van der Waals surface area contributed by atoms with Crippen molar-refractivity contribution in [3.8, 4) is 5.75 Å². The van der Waals surface area contributed by atoms with Gasteiger partial charge in [-0.1, -0.05) is 18.2 Å². The van der Waals surface area contributed by atoms with Crippen molar-refractivity contribution in [2.75, 3.05) is 13.2 Å². The number of carboxylic acid groups (broad SMARTS) is 1. The normalized spacial score (nSPS) is 17.1. The summed E-state index contributed by atoms with van der Waals surface area (Å²) in [6.45, 7) is 2.21. The van der Waals surface area contributed by atoms with E-state index in [2.05, 4.69) is 5.10 Å². The van der Waals surface area contributed by atoms with Crippen LogP contribution in [0.15, 0.2) is 30.5 Å². The van der Waals surface area contributed by atoms with Crippen LogP contribution in [0.4, 0.5) is 0 Å². The third-order valence-electron chi connectivity index (χ3n) is 4.08. The van der Waals surface area contributed by atoms with Gasteiger partial charge >= 0.3 is 5.97 Å². The van der Waals surface area contributed by atoms with Crippen LogP contribution in [0, 0.1) is 6.92 Å². The van der Waals surface area contributed by atoms with Gasteiger partial charge in [-0.3, -0.25) is 9.48 Å². The second kappa shape index (κ2) is 5.75. The Morgan fingerprint density at radius 2 is 2.09 bits per heavy atom. The zero-order chi connectivity index (χ0) is 16.6. The van der Waals surface area contributed by atoms with Crippen LogP contribution in [0.1, 0.15) is 27.7 Å². The number of aliphatic carboxylic acids is 1. The lowest BCUT2D eigenvalue weighted by Gasteiger charge is -2.26. The SMILES string of the molecule is Cc1c(C(=O)N2CCOc3ccccc3C2C(=O)O)cnn1C. The maximum absolute atomic E-state index is 12.9. The number of ether oxygens (including phenoxy) is 1. The molecule has 1 aliphatic heterocycles. The number of carbonyl (C=O) groups is 2. The van der Waals surface area contributed by atoms with Crippen LogP contribution in [-0.4, -0.2) is 44.8 Å². The molecular weight excluding hydrogens is 298 g/mol. The zero-order valence-electron chi connectivity index (χ0n) is 12.9. The van der Waals surface area contributed by atoms with Gasteiger partial charge in [-0.05, 0) is 13.0 Å². The van der Waals surface area contributed by atoms with Crippen molar-refractivity contribution in [2.24, 2.45) is 7.05 Å². The molecule has 1 aliphatic rings. The molecule has 7 nitrogen and oxygen atoms in total. The zero-order valence-corrected chi connectivity index (χ0v) is 12.9. The molecule has 0 fully saturated rings. The second-order valence-electron chi connectivity index (χ2n) is 5.39. The number of aryl methyl sites for hydroxylation is 1. The summed E-state index contributed by atoms with van der Waals surface area (Å²) < 4.78 is 7.19. The fourth-order valence-electron chi connectivity index (χ4n) is 2.74. The van der Waals surface area contributed by atoms with E-state index in [9.17, 15) is 14.7 Å². The molecule has 1 atom stereocenters. The summed E-state index contributed by atoms with van der Waals surface area (Å²) in [7, 11) is 1.74. The van der Waals surface area contributed by atoms with Gasteiger partial charge < -0.3 is 14.7 Å². The van der Waals surface area contributed by atoms with Gasteiger partial charge in [-0.2, -0.15) is 5.10 Å². The quantitative estimate of drug-likeness (QED) is 0.905. The Morgan fingerprint density at radius 1 is 1.35 bits per heavy atom. The molecule has 3 rings (SSSR count). The van der Waals surface area contributed by atoms with E-state index in [1.807, 2.05) is 0 Å². The lowest BCUT2D eigenvalue weighted by molar-refractivity contribution is -0.142. The van der Waals surface area contributed by atoms with E-state index in [-0.39, 0.29) is 19.1 Å². The molecule has 0 bridgehead atoms. The van der Waals surface area contributed by atoms with Gasteiger partial charge in [0, 0.05) is 18.3 Å². The van der Waals surface area contributed by atoms with Crippen LogP contribution in [0.25, 0.3) is 0 Å². The Labute approximate surface area is 133 Å². The number of hydrogen-bond donors (Lipinski definition) is 1. The monoisotopic (exact) mass is 315 g/mol. The summed E-state index contributed by atoms with van der Waals surface area (Å²) in [6.07, 6.45) is 1.47. The third kappa shape index (κ3) is 2.54. The molecule has 7 heteroatoms. The highest BCUT2D eigenvalue weighted by molar-refractivity contribution is 5.97. The van der Waals surface area contributed by atoms with E-state index in [0.717, 1.165) is 0 Å². The molecule has 0 saturated heterocycles. The first kappa shape index (κ1) is 15.1. The minimum absolute atomic E-state index is 0.193. The molecule has 1 N–H and O–H groups in total. The van der Waals surface area contributed by atoms with Crippen molar-refractivity contribution in [3.63, 3.8) is 0 Å². The Balaban J connectivity index is 2.05. The molecule has 23 heavy (non-hydrogen) atoms. The molecule has 1 aromatic carbocycles. The number of rotatable bonds is 2. The summed E-state index contributed by atoms with van der Waals surface area (Å²) in [5, 5.41) is 13.7. The van der Waals surface area contributed by atoms with Crippen molar-refractivity contribution in [2.45, 2.75) is 13.0 Å². The number of nitrogens with zero attached hydrogens (tertiary/aromatic N) is 3. The Morgan fingerprint density at radius 3 is 2.74 bits per heavy atom. The van der Waals surface area contributed by atoms with Crippen molar-refractivity contribution in [3.05, 3.63) is 47.3 Å². The van der Waals surface area contributed by atoms with E-state index in [4.69, 9.17) is 4.74 Å². The molecule has 1 aromatic heterocycles. The van der Waals surface area contributed by atoms with Crippen molar-refractivity contribution < 1.29 is 19.4 Å². The fraction of sp³-hybridized carbons (Fsp3) is 0.312. The van der Waals surface area contributed by atoms with Crippen LogP contribution in [0.5, 0.6) is 5.75 Å². The molecular formula is C16H17N3O4. The Bertz CT molecular complexity index is 768. The highest BCUT2D eigenvalue weighted by Crippen LogP contribution is 2.33. The molecule has 1 amide bonds. The van der Waals surface area contributed by atoms with E-state index in [1.165, 1.54) is 11.1 Å². The Kier molecular flexibility index (Phi) is 3.77. The number of hydrogen-bond acceptors (Lipinski definition) is 4. The van der Waals surface area contributed by atoms with Gasteiger partial charge in [0.25, 0.3) is 5.91 Å². The molecule has 120 valence electrons. The van der Waals surface area contributed by atoms with E-state index >= 15 is 0 Å². The molecule has 1 unspecified atom stereocenters. The smallest absolute Gasteiger partial charge is 0.331 e. The van der Waals surface area contributed by atoms with Crippen LogP contribution in [0.3, 0.4) is 0 Å². The first-order valence-electron chi connectivity index (χ1n) is 7.25. The van der Waals surface area contributed by atoms with E-state index in [0.29, 0.717) is 22.6 Å². The van der Waals surface area contributed by atoms with E-state index < -0.39 is 12.0 Å². The summed E-state index contributed by atoms with van der Waals surface area (Å²) >= 11 is 0. The van der Waals surface area contributed by atoms with Crippen molar-refractivity contribution in [1.29, 1.82) is 0 Å². The molecule has 0 radical (unpaired) electrons. The van der Waals surface area contributed by atoms with Crippen molar-refractivity contribution >= 4 is 11.9 Å². The fourth-order valence-corrected chi connectivity index (χ4v) is 2.74. The van der Waals surface area contributed by atoms with Crippen molar-refractivity contribution in [1.82, 2.24) is 14.7 Å². The summed E-state index contributed by atoms with van der Waals surface area (Å²) in [4.78, 5) is 26.0. The molecule has 2 heterocycles. The van der Waals surface area contributed by atoms with Crippen LogP contribution in [0.2, 0.25) is 0 Å². The largest absolute Gasteiger partial charge is 0.491 e. The van der Waals surface area contributed by atoms with E-state index in [1.54, 1.807) is 42.9 Å². The highest BCUT2D eigenvalue weighted by atomic mass is 16.5. The van der Waals surface area contributed by atoms with Gasteiger partial charge in [-0.25, -0.2) is 4.79 Å². The van der Waals surface area contributed by atoms with Gasteiger partial charge in [0.05, 0.1) is 18.3 Å². The average Bonchev–Trinajstić information content (AvgIpc) is 2.75. The molecule has 2 aromatic rings. The number of carboxylic acids is 1. The number of fused-ring (bicyclic) bond motifs is 1. The average molecular weight is 315 g/mol. The molecule has 0 aliphatic carbocycles. The first-order chi connectivity index (χ1) is 11.0. The maximum Gasteiger partial charge on any atom is 0.331 e. The summed E-state index contributed by atoms with van der Waals surface area (Å²) in [6, 6.07) is 5.83. The predicted octanol–water partition coefficient (Wildman–Crippen LogP) is 1.39. The Hall–Kier alpha value is -2.83. The van der Waals surface area contributed by atoms with Gasteiger partial charge in [0.15, 0.2) is 6.04 Å². The maximum atomic E-state index is 12.9. The first-order valence-corrected chi connectivity index (χ1v) is 7.25. The number of amides is 1. The summed E-state index contributed by atoms with van der Waals surface area (Å²) in [5.74, 6) is -0.945.